The average molecular weight is 642 g/mol. The molecule has 6 heteroatoms. The van der Waals surface area contributed by atoms with Crippen LogP contribution in [0, 0.1) is 0 Å². The maximum atomic E-state index is 5.31. The van der Waals surface area contributed by atoms with Gasteiger partial charge in [0.05, 0.1) is 5.39 Å². The van der Waals surface area contributed by atoms with E-state index in [1.54, 1.807) is 0 Å². The highest BCUT2D eigenvalue weighted by Crippen LogP contribution is 2.37. The lowest BCUT2D eigenvalue weighted by molar-refractivity contribution is -0.537. The first kappa shape index (κ1) is 24.8. The van der Waals surface area contributed by atoms with E-state index in [2.05, 4.69) is 139 Å². The SMILES string of the molecule is Brc1ccc2c(c1)c1cc(Br)ccc1c1c2nc2cc(Nc3ccccc3)ccc2[n+]1-c1ccccc1.[Cl-]. The van der Waals surface area contributed by atoms with Crippen molar-refractivity contribution in [2.24, 2.45) is 0 Å². The van der Waals surface area contributed by atoms with E-state index >= 15 is 0 Å². The number of aromatic nitrogens is 2. The molecule has 0 atom stereocenters. The number of hydrogen-bond acceptors (Lipinski definition) is 2. The van der Waals surface area contributed by atoms with Gasteiger partial charge in [-0.15, -0.1) is 4.57 Å². The van der Waals surface area contributed by atoms with Gasteiger partial charge in [0.1, 0.15) is 11.0 Å². The van der Waals surface area contributed by atoms with E-state index in [-0.39, 0.29) is 12.4 Å². The Morgan fingerprint density at radius 1 is 0.579 bits per heavy atom. The van der Waals surface area contributed by atoms with Crippen molar-refractivity contribution in [2.75, 3.05) is 5.32 Å². The lowest BCUT2D eigenvalue weighted by Crippen LogP contribution is -3.00. The molecule has 38 heavy (non-hydrogen) atoms. The summed E-state index contributed by atoms with van der Waals surface area (Å²) in [6.07, 6.45) is 0. The van der Waals surface area contributed by atoms with Gasteiger partial charge in [-0.2, -0.15) is 0 Å². The fraction of sp³-hybridized carbons (Fsp3) is 0. The van der Waals surface area contributed by atoms with Crippen LogP contribution in [0.5, 0.6) is 0 Å². The van der Waals surface area contributed by atoms with Crippen LogP contribution in [0.25, 0.3) is 49.3 Å². The second-order valence-electron chi connectivity index (χ2n) is 9.05. The van der Waals surface area contributed by atoms with Gasteiger partial charge in [0.2, 0.25) is 16.7 Å². The van der Waals surface area contributed by atoms with Crippen LogP contribution < -0.4 is 22.3 Å². The molecule has 0 spiro atoms. The summed E-state index contributed by atoms with van der Waals surface area (Å²) in [5.74, 6) is 0. The van der Waals surface area contributed by atoms with Gasteiger partial charge in [0.25, 0.3) is 0 Å². The molecule has 0 bridgehead atoms. The largest absolute Gasteiger partial charge is 1.00 e. The van der Waals surface area contributed by atoms with Crippen molar-refractivity contribution in [3.8, 4) is 5.69 Å². The van der Waals surface area contributed by atoms with Gasteiger partial charge in [-0.1, -0.05) is 74.3 Å². The molecule has 0 radical (unpaired) electrons. The summed E-state index contributed by atoms with van der Waals surface area (Å²) in [5.41, 5.74) is 7.21. The van der Waals surface area contributed by atoms with Crippen LogP contribution in [-0.4, -0.2) is 4.98 Å². The molecule has 1 heterocycles. The smallest absolute Gasteiger partial charge is 0.246 e. The Labute approximate surface area is 242 Å². The molecular formula is C32H20Br2ClN3. The third kappa shape index (κ3) is 4.21. The van der Waals surface area contributed by atoms with E-state index in [9.17, 15) is 0 Å². The van der Waals surface area contributed by atoms with Gasteiger partial charge >= 0.3 is 0 Å². The first-order chi connectivity index (χ1) is 18.2. The van der Waals surface area contributed by atoms with Crippen molar-refractivity contribution in [2.45, 2.75) is 0 Å². The number of hydrogen-bond donors (Lipinski definition) is 1. The molecule has 0 aliphatic rings. The number of anilines is 2. The first-order valence-electron chi connectivity index (χ1n) is 12.0. The average Bonchev–Trinajstić information content (AvgIpc) is 2.93. The van der Waals surface area contributed by atoms with Crippen LogP contribution >= 0.6 is 31.9 Å². The van der Waals surface area contributed by atoms with Crippen LogP contribution in [0.1, 0.15) is 0 Å². The minimum absolute atomic E-state index is 0. The van der Waals surface area contributed by atoms with Crippen LogP contribution in [0.3, 0.4) is 0 Å². The normalized spacial score (nSPS) is 11.2. The summed E-state index contributed by atoms with van der Waals surface area (Å²) < 4.78 is 4.45. The molecule has 0 fully saturated rings. The standard InChI is InChI=1S/C32H20Br2N3.ClH/c33-20-11-14-25-27(17-20)28-18-21(34)12-15-26(28)32-31(25)36-29-19-23(35-22-7-3-1-4-8-22)13-16-30(29)37(32)24-9-5-2-6-10-24;/h1-19,35H;1H/q+1;/p-1. The highest BCUT2D eigenvalue weighted by molar-refractivity contribution is 9.10. The van der Waals surface area contributed by atoms with Crippen molar-refractivity contribution < 1.29 is 17.0 Å². The fourth-order valence-electron chi connectivity index (χ4n) is 5.14. The number of benzene rings is 6. The summed E-state index contributed by atoms with van der Waals surface area (Å²) in [7, 11) is 0. The summed E-state index contributed by atoms with van der Waals surface area (Å²) in [4.78, 5) is 5.31. The molecule has 0 aliphatic heterocycles. The summed E-state index contributed by atoms with van der Waals surface area (Å²) >= 11 is 7.39. The lowest BCUT2D eigenvalue weighted by Gasteiger charge is -2.13. The molecule has 6 aromatic carbocycles. The number of halogens is 3. The molecule has 0 aliphatic carbocycles. The molecule has 184 valence electrons. The summed E-state index contributed by atoms with van der Waals surface area (Å²) in [5, 5.41) is 8.16. The number of fused-ring (bicyclic) bond motifs is 7. The van der Waals surface area contributed by atoms with Gasteiger partial charge in [-0.05, 0) is 65.4 Å². The van der Waals surface area contributed by atoms with Gasteiger partial charge in [0, 0.05) is 43.9 Å². The lowest BCUT2D eigenvalue weighted by atomic mass is 9.98. The summed E-state index contributed by atoms with van der Waals surface area (Å²) in [6, 6.07) is 40.2. The Morgan fingerprint density at radius 3 is 1.92 bits per heavy atom. The van der Waals surface area contributed by atoms with E-state index in [1.165, 1.54) is 10.8 Å². The Hall–Kier alpha value is -3.51. The highest BCUT2D eigenvalue weighted by Gasteiger charge is 2.24. The molecule has 0 saturated carbocycles. The van der Waals surface area contributed by atoms with Crippen molar-refractivity contribution in [3.05, 3.63) is 124 Å². The Balaban J connectivity index is 0.00000264. The maximum Gasteiger partial charge on any atom is 0.246 e. The van der Waals surface area contributed by atoms with E-state index in [4.69, 9.17) is 4.98 Å². The van der Waals surface area contributed by atoms with Crippen molar-refractivity contribution in [3.63, 3.8) is 0 Å². The van der Waals surface area contributed by atoms with Gasteiger partial charge < -0.3 is 17.7 Å². The molecule has 7 aromatic rings. The van der Waals surface area contributed by atoms with Gasteiger partial charge in [0.15, 0.2) is 0 Å². The van der Waals surface area contributed by atoms with Crippen molar-refractivity contribution in [1.82, 2.24) is 4.98 Å². The molecule has 1 N–H and O–H groups in total. The van der Waals surface area contributed by atoms with Crippen molar-refractivity contribution in [1.29, 1.82) is 0 Å². The van der Waals surface area contributed by atoms with Gasteiger partial charge in [-0.25, -0.2) is 4.98 Å². The zero-order chi connectivity index (χ0) is 24.9. The second-order valence-corrected chi connectivity index (χ2v) is 10.9. The zero-order valence-corrected chi connectivity index (χ0v) is 23.9. The molecule has 1 aromatic heterocycles. The summed E-state index contributed by atoms with van der Waals surface area (Å²) in [6.45, 7) is 0. The Bertz CT molecular complexity index is 1980. The molecule has 0 amide bonds. The molecule has 7 rings (SSSR count). The topological polar surface area (TPSA) is 28.8 Å². The Kier molecular flexibility index (Phi) is 6.52. The number of nitrogens with one attached hydrogen (secondary N) is 1. The third-order valence-electron chi connectivity index (χ3n) is 6.74. The Morgan fingerprint density at radius 2 is 1.21 bits per heavy atom. The highest BCUT2D eigenvalue weighted by atomic mass is 79.9. The van der Waals surface area contributed by atoms with Crippen LogP contribution in [0.4, 0.5) is 11.4 Å². The fourth-order valence-corrected chi connectivity index (χ4v) is 5.86. The van der Waals surface area contributed by atoms with Crippen LogP contribution in [-0.2, 0) is 0 Å². The van der Waals surface area contributed by atoms with E-state index in [1.807, 2.05) is 18.2 Å². The molecule has 3 nitrogen and oxygen atoms in total. The van der Waals surface area contributed by atoms with E-state index < -0.39 is 0 Å². The predicted octanol–water partition coefficient (Wildman–Crippen LogP) is 6.24. The first-order valence-corrected chi connectivity index (χ1v) is 13.6. The van der Waals surface area contributed by atoms with Crippen molar-refractivity contribution >= 4 is 86.8 Å². The van der Waals surface area contributed by atoms with E-state index in [0.29, 0.717) is 0 Å². The molecular weight excluding hydrogens is 622 g/mol. The monoisotopic (exact) mass is 639 g/mol. The zero-order valence-electron chi connectivity index (χ0n) is 20.0. The number of para-hydroxylation sites is 2. The quantitative estimate of drug-likeness (QED) is 0.141. The predicted molar refractivity (Wildman–Crippen MR) is 161 cm³/mol. The maximum absolute atomic E-state index is 5.31. The number of nitrogens with zero attached hydrogens (tertiary/aromatic N) is 2. The second kappa shape index (κ2) is 9.99. The van der Waals surface area contributed by atoms with E-state index in [0.717, 1.165) is 58.8 Å². The molecule has 0 unspecified atom stereocenters. The minimum atomic E-state index is 0. The van der Waals surface area contributed by atoms with Crippen LogP contribution in [0.15, 0.2) is 124 Å². The minimum Gasteiger partial charge on any atom is -1.00 e. The number of rotatable bonds is 3. The van der Waals surface area contributed by atoms with Crippen LogP contribution in [0.2, 0.25) is 0 Å². The van der Waals surface area contributed by atoms with Gasteiger partial charge in [-0.3, -0.25) is 0 Å². The third-order valence-corrected chi connectivity index (χ3v) is 7.72. The molecule has 0 saturated heterocycles.